The van der Waals surface area contributed by atoms with Gasteiger partial charge in [0.05, 0.1) is 29.7 Å². The van der Waals surface area contributed by atoms with Crippen LogP contribution in [0.15, 0.2) is 36.7 Å². The van der Waals surface area contributed by atoms with Crippen LogP contribution in [0.2, 0.25) is 0 Å². The van der Waals surface area contributed by atoms with Gasteiger partial charge in [0.25, 0.3) is 0 Å². The van der Waals surface area contributed by atoms with Crippen LogP contribution in [-0.4, -0.2) is 27.4 Å². The van der Waals surface area contributed by atoms with Crippen molar-refractivity contribution in [1.82, 2.24) is 14.3 Å². The van der Waals surface area contributed by atoms with Gasteiger partial charge < -0.3 is 19.8 Å². The molecule has 0 fully saturated rings. The molecule has 0 atom stereocenters. The normalized spacial score (nSPS) is 10.4. The molecule has 1 aromatic carbocycles. The number of carbonyl (C=O) groups excluding carboxylic acids is 1. The smallest absolute Gasteiger partial charge is 0.357 e. The van der Waals surface area contributed by atoms with E-state index >= 15 is 0 Å². The Balaban J connectivity index is 2.07. The molecule has 0 amide bonds. The van der Waals surface area contributed by atoms with Crippen molar-refractivity contribution in [2.75, 3.05) is 12.8 Å². The van der Waals surface area contributed by atoms with E-state index in [1.165, 1.54) is 36.1 Å². The highest BCUT2D eigenvalue weighted by Gasteiger charge is 2.23. The summed E-state index contributed by atoms with van der Waals surface area (Å²) in [5, 5.41) is 13.4. The number of hydrogen-bond donors (Lipinski definition) is 1. The number of halogens is 1. The molecule has 3 rings (SSSR count). The van der Waals surface area contributed by atoms with Crippen LogP contribution in [0.25, 0.3) is 5.69 Å². The van der Waals surface area contributed by atoms with Crippen molar-refractivity contribution in [2.24, 2.45) is 7.05 Å². The van der Waals surface area contributed by atoms with Crippen LogP contribution in [0, 0.1) is 17.1 Å². The van der Waals surface area contributed by atoms with E-state index in [0.717, 1.165) is 0 Å². The average Bonchev–Trinajstić information content (AvgIpc) is 3.22. The minimum Gasteiger partial charge on any atom is -0.485 e. The largest absolute Gasteiger partial charge is 0.485 e. The number of methoxy groups -OCH3 is 1. The second kappa shape index (κ2) is 7.21. The molecule has 0 unspecified atom stereocenters. The monoisotopic (exact) mass is 369 g/mol. The lowest BCUT2D eigenvalue weighted by molar-refractivity contribution is 0.0593. The highest BCUT2D eigenvalue weighted by Crippen LogP contribution is 2.31. The van der Waals surface area contributed by atoms with E-state index in [1.807, 2.05) is 6.07 Å². The summed E-state index contributed by atoms with van der Waals surface area (Å²) in [7, 11) is 2.97. The zero-order valence-electron chi connectivity index (χ0n) is 14.6. The molecule has 2 N–H and O–H groups in total. The Morgan fingerprint density at radius 2 is 2.19 bits per heavy atom. The zero-order valence-corrected chi connectivity index (χ0v) is 14.6. The van der Waals surface area contributed by atoms with E-state index in [2.05, 4.69) is 5.10 Å². The van der Waals surface area contributed by atoms with Crippen LogP contribution < -0.4 is 10.5 Å². The molecular weight excluding hydrogens is 353 g/mol. The number of rotatable bonds is 5. The summed E-state index contributed by atoms with van der Waals surface area (Å²) in [4.78, 5) is 12.2. The number of nitriles is 1. The zero-order chi connectivity index (χ0) is 19.6. The number of nitrogens with two attached hydrogens (primary N) is 1. The van der Waals surface area contributed by atoms with Crippen molar-refractivity contribution < 1.29 is 18.7 Å². The van der Waals surface area contributed by atoms with Crippen LogP contribution >= 0.6 is 0 Å². The van der Waals surface area contributed by atoms with Crippen LogP contribution in [0.1, 0.15) is 21.7 Å². The van der Waals surface area contributed by atoms with E-state index in [-0.39, 0.29) is 35.0 Å². The van der Waals surface area contributed by atoms with E-state index in [4.69, 9.17) is 15.2 Å². The second-order valence-electron chi connectivity index (χ2n) is 5.66. The van der Waals surface area contributed by atoms with Gasteiger partial charge in [0.2, 0.25) is 0 Å². The predicted octanol–water partition coefficient (Wildman–Crippen LogP) is 2.17. The van der Waals surface area contributed by atoms with E-state index < -0.39 is 11.8 Å². The van der Waals surface area contributed by atoms with Gasteiger partial charge in [-0.15, -0.1) is 0 Å². The van der Waals surface area contributed by atoms with Crippen molar-refractivity contribution in [2.45, 2.75) is 6.61 Å². The summed E-state index contributed by atoms with van der Waals surface area (Å²) in [6, 6.07) is 7.52. The maximum atomic E-state index is 13.9. The van der Waals surface area contributed by atoms with Gasteiger partial charge in [0, 0.05) is 25.5 Å². The highest BCUT2D eigenvalue weighted by atomic mass is 19.1. The SMILES string of the molecule is COC(=O)c1c(N)c(C#N)cn1-c1cc(F)ccc1OCc1ccn(C)n1. The first-order valence-corrected chi connectivity index (χ1v) is 7.85. The van der Waals surface area contributed by atoms with Gasteiger partial charge >= 0.3 is 5.97 Å². The molecule has 2 heterocycles. The number of esters is 1. The van der Waals surface area contributed by atoms with Gasteiger partial charge in [-0.25, -0.2) is 9.18 Å². The van der Waals surface area contributed by atoms with Crippen LogP contribution in [-0.2, 0) is 18.4 Å². The third-order valence-corrected chi connectivity index (χ3v) is 3.87. The van der Waals surface area contributed by atoms with Gasteiger partial charge in [-0.2, -0.15) is 10.4 Å². The number of anilines is 1. The Bertz CT molecular complexity index is 1050. The Kier molecular flexibility index (Phi) is 4.81. The van der Waals surface area contributed by atoms with E-state index in [1.54, 1.807) is 24.0 Å². The molecule has 0 saturated carbocycles. The fourth-order valence-electron chi connectivity index (χ4n) is 2.60. The Hall–Kier alpha value is -3.80. The molecule has 27 heavy (non-hydrogen) atoms. The van der Waals surface area contributed by atoms with Crippen molar-refractivity contribution in [3.05, 3.63) is 59.4 Å². The average molecular weight is 369 g/mol. The quantitative estimate of drug-likeness (QED) is 0.691. The van der Waals surface area contributed by atoms with Crippen molar-refractivity contribution in [3.63, 3.8) is 0 Å². The number of ether oxygens (including phenoxy) is 2. The summed E-state index contributed by atoms with van der Waals surface area (Å²) in [6.45, 7) is 0.134. The van der Waals surface area contributed by atoms with Crippen LogP contribution in [0.4, 0.5) is 10.1 Å². The van der Waals surface area contributed by atoms with Crippen molar-refractivity contribution in [3.8, 4) is 17.5 Å². The molecule has 0 aliphatic carbocycles. The molecule has 0 spiro atoms. The third-order valence-electron chi connectivity index (χ3n) is 3.87. The Morgan fingerprint density at radius 1 is 1.41 bits per heavy atom. The highest BCUT2D eigenvalue weighted by molar-refractivity contribution is 5.96. The molecule has 0 radical (unpaired) electrons. The van der Waals surface area contributed by atoms with Gasteiger partial charge in [-0.1, -0.05) is 0 Å². The lowest BCUT2D eigenvalue weighted by atomic mass is 10.2. The van der Waals surface area contributed by atoms with Gasteiger partial charge in [0.1, 0.15) is 24.2 Å². The minimum atomic E-state index is -0.756. The summed E-state index contributed by atoms with van der Waals surface area (Å²) in [5.41, 5.74) is 6.71. The molecule has 2 aromatic heterocycles. The number of nitrogen functional groups attached to an aromatic ring is 1. The number of nitrogens with zero attached hydrogens (tertiary/aromatic N) is 4. The maximum Gasteiger partial charge on any atom is 0.357 e. The molecule has 3 aromatic rings. The number of carbonyl (C=O) groups is 1. The number of benzene rings is 1. The standard InChI is InChI=1S/C18H16FN5O3/c1-23-6-5-13(22-23)10-27-15-4-3-12(19)7-14(15)24-9-11(8-20)16(21)17(24)18(25)26-2/h3-7,9H,10,21H2,1-2H3. The summed E-state index contributed by atoms with van der Waals surface area (Å²) >= 11 is 0. The molecule has 9 heteroatoms. The lowest BCUT2D eigenvalue weighted by Gasteiger charge is -2.14. The van der Waals surface area contributed by atoms with Crippen LogP contribution in [0.3, 0.4) is 0 Å². The Morgan fingerprint density at radius 3 is 2.81 bits per heavy atom. The van der Waals surface area contributed by atoms with E-state index in [9.17, 15) is 14.4 Å². The maximum absolute atomic E-state index is 13.9. The molecule has 0 aliphatic heterocycles. The van der Waals surface area contributed by atoms with Gasteiger partial charge in [0.15, 0.2) is 5.69 Å². The first kappa shape index (κ1) is 18.0. The molecule has 0 bridgehead atoms. The predicted molar refractivity (Wildman–Crippen MR) is 93.7 cm³/mol. The first-order valence-electron chi connectivity index (χ1n) is 7.85. The fraction of sp³-hybridized carbons (Fsp3) is 0.167. The molecule has 0 saturated heterocycles. The molecule has 0 aliphatic rings. The van der Waals surface area contributed by atoms with Crippen molar-refractivity contribution in [1.29, 1.82) is 5.26 Å². The molecular formula is C18H16FN5O3. The summed E-state index contributed by atoms with van der Waals surface area (Å²) in [5.74, 6) is -1.02. The number of hydrogen-bond acceptors (Lipinski definition) is 6. The molecule has 8 nitrogen and oxygen atoms in total. The number of aryl methyl sites for hydroxylation is 1. The minimum absolute atomic E-state index is 0.0516. The first-order chi connectivity index (χ1) is 12.9. The fourth-order valence-corrected chi connectivity index (χ4v) is 2.60. The van der Waals surface area contributed by atoms with Gasteiger partial charge in [-0.05, 0) is 18.2 Å². The van der Waals surface area contributed by atoms with E-state index in [0.29, 0.717) is 5.69 Å². The van der Waals surface area contributed by atoms with Crippen LogP contribution in [0.5, 0.6) is 5.75 Å². The van der Waals surface area contributed by atoms with Gasteiger partial charge in [-0.3, -0.25) is 4.68 Å². The topological polar surface area (TPSA) is 108 Å². The molecule has 138 valence electrons. The third kappa shape index (κ3) is 3.46. The Labute approximate surface area is 154 Å². The second-order valence-corrected chi connectivity index (χ2v) is 5.66. The number of aromatic nitrogens is 3. The lowest BCUT2D eigenvalue weighted by Crippen LogP contribution is -2.12. The summed E-state index contributed by atoms with van der Waals surface area (Å²) < 4.78 is 27.3. The summed E-state index contributed by atoms with van der Waals surface area (Å²) in [6.07, 6.45) is 3.11. The van der Waals surface area contributed by atoms with Crippen molar-refractivity contribution >= 4 is 11.7 Å².